The fourth-order valence-corrected chi connectivity index (χ4v) is 3.40. The smallest absolute Gasteiger partial charge is 0.325 e. The van der Waals surface area contributed by atoms with Crippen LogP contribution in [0.2, 0.25) is 0 Å². The summed E-state index contributed by atoms with van der Waals surface area (Å²) in [6, 6.07) is 4.67. The van der Waals surface area contributed by atoms with Gasteiger partial charge in [0, 0.05) is 19.3 Å². The molecule has 1 unspecified atom stereocenters. The van der Waals surface area contributed by atoms with Gasteiger partial charge in [0.1, 0.15) is 6.54 Å². The van der Waals surface area contributed by atoms with Crippen molar-refractivity contribution in [3.63, 3.8) is 0 Å². The Hall–Kier alpha value is -2.44. The maximum absolute atomic E-state index is 12.8. The van der Waals surface area contributed by atoms with E-state index in [1.54, 1.807) is 36.2 Å². The molecule has 1 aromatic heterocycles. The highest BCUT2D eigenvalue weighted by Crippen LogP contribution is 2.27. The van der Waals surface area contributed by atoms with Crippen molar-refractivity contribution in [3.8, 4) is 0 Å². The predicted octanol–water partition coefficient (Wildman–Crippen LogP) is 1.64. The Morgan fingerprint density at radius 3 is 2.48 bits per heavy atom. The number of hydrogen-bond donors (Lipinski definition) is 1. The molecule has 3 heterocycles. The summed E-state index contributed by atoms with van der Waals surface area (Å²) in [7, 11) is 0. The maximum Gasteiger partial charge on any atom is 0.325 e. The minimum Gasteiger partial charge on any atom is -0.341 e. The molecule has 0 radical (unpaired) electrons. The first kappa shape index (κ1) is 17.4. The van der Waals surface area contributed by atoms with Crippen molar-refractivity contribution >= 4 is 17.8 Å². The van der Waals surface area contributed by atoms with E-state index in [9.17, 15) is 14.4 Å². The molecule has 2 saturated heterocycles. The van der Waals surface area contributed by atoms with Crippen molar-refractivity contribution in [1.29, 1.82) is 0 Å². The van der Waals surface area contributed by atoms with Gasteiger partial charge in [-0.25, -0.2) is 4.79 Å². The second-order valence-electron chi connectivity index (χ2n) is 6.81. The van der Waals surface area contributed by atoms with Crippen LogP contribution in [-0.4, -0.2) is 52.3 Å². The van der Waals surface area contributed by atoms with Gasteiger partial charge in [0.05, 0.1) is 5.69 Å². The Kier molecular flexibility index (Phi) is 5.01. The van der Waals surface area contributed by atoms with E-state index in [0.29, 0.717) is 18.8 Å². The number of pyridine rings is 1. The lowest BCUT2D eigenvalue weighted by Gasteiger charge is -2.26. The number of hydrogen-bond acceptors (Lipinski definition) is 4. The number of nitrogens with zero attached hydrogens (tertiary/aromatic N) is 3. The summed E-state index contributed by atoms with van der Waals surface area (Å²) in [5.74, 6) is -0.604. The third-order valence-corrected chi connectivity index (χ3v) is 4.95. The molecule has 25 heavy (non-hydrogen) atoms. The van der Waals surface area contributed by atoms with E-state index in [-0.39, 0.29) is 12.5 Å². The molecule has 1 aromatic rings. The molecule has 2 aliphatic rings. The third-order valence-electron chi connectivity index (χ3n) is 4.95. The molecule has 134 valence electrons. The van der Waals surface area contributed by atoms with E-state index < -0.39 is 17.5 Å². The average Bonchev–Trinajstić information content (AvgIpc) is 2.79. The van der Waals surface area contributed by atoms with Crippen molar-refractivity contribution in [2.24, 2.45) is 0 Å². The van der Waals surface area contributed by atoms with E-state index in [1.165, 1.54) is 6.42 Å². The van der Waals surface area contributed by atoms with Gasteiger partial charge in [-0.15, -0.1) is 0 Å². The van der Waals surface area contributed by atoms with Gasteiger partial charge >= 0.3 is 6.03 Å². The zero-order chi connectivity index (χ0) is 17.9. The van der Waals surface area contributed by atoms with Gasteiger partial charge in [0.25, 0.3) is 5.91 Å². The zero-order valence-electron chi connectivity index (χ0n) is 14.5. The van der Waals surface area contributed by atoms with Crippen LogP contribution in [0, 0.1) is 0 Å². The third kappa shape index (κ3) is 3.50. The van der Waals surface area contributed by atoms with Crippen molar-refractivity contribution in [2.75, 3.05) is 19.6 Å². The molecule has 0 aliphatic carbocycles. The fraction of sp³-hybridized carbons (Fsp3) is 0.556. The molecule has 3 rings (SSSR count). The van der Waals surface area contributed by atoms with Crippen LogP contribution < -0.4 is 5.32 Å². The minimum absolute atomic E-state index is 0.171. The number of nitrogens with one attached hydrogen (secondary N) is 1. The monoisotopic (exact) mass is 344 g/mol. The molecule has 0 aromatic carbocycles. The zero-order valence-corrected chi connectivity index (χ0v) is 14.5. The number of likely N-dealkylation sites (tertiary alicyclic amines) is 1. The molecule has 0 spiro atoms. The van der Waals surface area contributed by atoms with Crippen LogP contribution >= 0.6 is 0 Å². The van der Waals surface area contributed by atoms with Gasteiger partial charge in [-0.2, -0.15) is 0 Å². The van der Waals surface area contributed by atoms with E-state index >= 15 is 0 Å². The van der Waals surface area contributed by atoms with Gasteiger partial charge in [0.2, 0.25) is 5.91 Å². The topological polar surface area (TPSA) is 82.6 Å². The van der Waals surface area contributed by atoms with E-state index in [2.05, 4.69) is 10.3 Å². The highest BCUT2D eigenvalue weighted by molar-refractivity contribution is 6.08. The summed E-state index contributed by atoms with van der Waals surface area (Å²) in [5.41, 5.74) is -0.760. The number of urea groups is 1. The van der Waals surface area contributed by atoms with Crippen LogP contribution in [0.25, 0.3) is 0 Å². The molecule has 4 amide bonds. The van der Waals surface area contributed by atoms with Crippen LogP contribution in [0.4, 0.5) is 4.79 Å². The van der Waals surface area contributed by atoms with Crippen molar-refractivity contribution in [3.05, 3.63) is 30.1 Å². The molecular formula is C18H24N4O3. The van der Waals surface area contributed by atoms with Gasteiger partial charge in [-0.3, -0.25) is 19.5 Å². The van der Waals surface area contributed by atoms with Gasteiger partial charge in [-0.05, 0) is 31.9 Å². The lowest BCUT2D eigenvalue weighted by atomic mass is 9.97. The largest absolute Gasteiger partial charge is 0.341 e. The number of imide groups is 1. The Balaban J connectivity index is 1.71. The van der Waals surface area contributed by atoms with Gasteiger partial charge in [0.15, 0.2) is 5.54 Å². The first-order chi connectivity index (χ1) is 12.0. The Bertz CT molecular complexity index is 656. The van der Waals surface area contributed by atoms with Crippen LogP contribution in [0.1, 0.15) is 44.7 Å². The summed E-state index contributed by atoms with van der Waals surface area (Å²) in [4.78, 5) is 44.7. The molecule has 0 saturated carbocycles. The maximum atomic E-state index is 12.8. The van der Waals surface area contributed by atoms with Crippen LogP contribution in [0.5, 0.6) is 0 Å². The molecule has 0 bridgehead atoms. The Labute approximate surface area is 147 Å². The van der Waals surface area contributed by atoms with Gasteiger partial charge < -0.3 is 10.2 Å². The fourth-order valence-electron chi connectivity index (χ4n) is 3.40. The highest BCUT2D eigenvalue weighted by Gasteiger charge is 2.50. The van der Waals surface area contributed by atoms with Crippen molar-refractivity contribution in [1.82, 2.24) is 20.1 Å². The quantitative estimate of drug-likeness (QED) is 0.845. The Morgan fingerprint density at radius 2 is 1.84 bits per heavy atom. The summed E-state index contributed by atoms with van der Waals surface area (Å²) in [6.07, 6.45) is 6.95. The van der Waals surface area contributed by atoms with Crippen molar-refractivity contribution < 1.29 is 14.4 Å². The molecule has 7 heteroatoms. The summed E-state index contributed by atoms with van der Waals surface area (Å²) >= 11 is 0. The lowest BCUT2D eigenvalue weighted by molar-refractivity contribution is -0.139. The minimum atomic E-state index is -1.23. The van der Waals surface area contributed by atoms with E-state index in [0.717, 1.165) is 30.6 Å². The molecule has 1 N–H and O–H groups in total. The standard InChI is InChI=1S/C18H24N4O3/c1-18(14-9-5-6-10-19-14)16(24)22(17(25)20-18)13-15(23)21-11-7-3-2-4-8-12-21/h5-6,9-10H,2-4,7-8,11-13H2,1H3,(H,20,25). The molecule has 2 aliphatic heterocycles. The van der Waals surface area contributed by atoms with Gasteiger partial charge in [-0.1, -0.05) is 25.3 Å². The Morgan fingerprint density at radius 1 is 1.16 bits per heavy atom. The number of carbonyl (C=O) groups excluding carboxylic acids is 3. The summed E-state index contributed by atoms with van der Waals surface area (Å²) < 4.78 is 0. The summed E-state index contributed by atoms with van der Waals surface area (Å²) in [6.45, 7) is 2.79. The van der Waals surface area contributed by atoms with E-state index in [1.807, 2.05) is 0 Å². The molecule has 2 fully saturated rings. The molecule has 1 atom stereocenters. The average molecular weight is 344 g/mol. The second-order valence-corrected chi connectivity index (χ2v) is 6.81. The lowest BCUT2D eigenvalue weighted by Crippen LogP contribution is -2.45. The normalized spacial score (nSPS) is 24.7. The van der Waals surface area contributed by atoms with Crippen LogP contribution in [0.3, 0.4) is 0 Å². The van der Waals surface area contributed by atoms with Crippen molar-refractivity contribution in [2.45, 2.75) is 44.6 Å². The predicted molar refractivity (Wildman–Crippen MR) is 91.5 cm³/mol. The summed E-state index contributed by atoms with van der Waals surface area (Å²) in [5, 5.41) is 2.68. The second kappa shape index (κ2) is 7.21. The molecule has 7 nitrogen and oxygen atoms in total. The van der Waals surface area contributed by atoms with E-state index in [4.69, 9.17) is 0 Å². The molecular weight excluding hydrogens is 320 g/mol. The van der Waals surface area contributed by atoms with Crippen LogP contribution in [0.15, 0.2) is 24.4 Å². The number of amides is 4. The number of rotatable bonds is 3. The number of aromatic nitrogens is 1. The first-order valence-corrected chi connectivity index (χ1v) is 8.86. The SMILES string of the molecule is CC1(c2ccccn2)NC(=O)N(CC(=O)N2CCCCCCC2)C1=O. The highest BCUT2D eigenvalue weighted by atomic mass is 16.2. The first-order valence-electron chi connectivity index (χ1n) is 8.86. The van der Waals surface area contributed by atoms with Crippen LogP contribution in [-0.2, 0) is 15.1 Å². The number of carbonyl (C=O) groups is 3.